The summed E-state index contributed by atoms with van der Waals surface area (Å²) in [6.07, 6.45) is 5.86. The first-order valence-electron chi connectivity index (χ1n) is 8.87. The van der Waals surface area contributed by atoms with Gasteiger partial charge in [0.2, 0.25) is 0 Å². The molecule has 5 nitrogen and oxygen atoms in total. The third-order valence-corrected chi connectivity index (χ3v) is 5.18. The van der Waals surface area contributed by atoms with Crippen LogP contribution in [0.15, 0.2) is 42.6 Å². The van der Waals surface area contributed by atoms with Crippen molar-refractivity contribution in [2.45, 2.75) is 18.8 Å². The second-order valence-electron chi connectivity index (χ2n) is 6.76. The highest BCUT2D eigenvalue weighted by atomic mass is 16.5. The highest BCUT2D eigenvalue weighted by Gasteiger charge is 2.22. The first-order valence-corrected chi connectivity index (χ1v) is 8.87. The third-order valence-electron chi connectivity index (χ3n) is 5.18. The van der Waals surface area contributed by atoms with Crippen molar-refractivity contribution < 1.29 is 9.53 Å². The first kappa shape index (κ1) is 16.1. The molecule has 0 saturated carbocycles. The monoisotopic (exact) mass is 337 g/mol. The fourth-order valence-electron chi connectivity index (χ4n) is 3.68. The van der Waals surface area contributed by atoms with Crippen LogP contribution in [0.5, 0.6) is 0 Å². The Bertz CT molecular complexity index is 803. The number of nitrogens with zero attached hydrogens (tertiary/aromatic N) is 3. The van der Waals surface area contributed by atoms with Gasteiger partial charge in [-0.25, -0.2) is 0 Å². The highest BCUT2D eigenvalue weighted by molar-refractivity contribution is 5.95. The van der Waals surface area contributed by atoms with Gasteiger partial charge in [-0.1, -0.05) is 18.2 Å². The smallest absolute Gasteiger partial charge is 0.254 e. The molecule has 0 spiro atoms. The van der Waals surface area contributed by atoms with E-state index in [1.807, 2.05) is 47.1 Å². The maximum atomic E-state index is 12.9. The molecule has 2 aliphatic heterocycles. The van der Waals surface area contributed by atoms with E-state index in [0.29, 0.717) is 12.5 Å². The zero-order valence-corrected chi connectivity index (χ0v) is 14.5. The summed E-state index contributed by atoms with van der Waals surface area (Å²) in [5, 5.41) is 4.23. The lowest BCUT2D eigenvalue weighted by molar-refractivity contribution is 0.0772. The Morgan fingerprint density at radius 1 is 1.32 bits per heavy atom. The number of aromatic nitrogens is 2. The maximum absolute atomic E-state index is 12.9. The molecule has 2 aromatic rings. The Morgan fingerprint density at radius 2 is 2.24 bits per heavy atom. The molecule has 1 aromatic heterocycles. The van der Waals surface area contributed by atoms with Crippen molar-refractivity contribution in [3.8, 4) is 0 Å². The summed E-state index contributed by atoms with van der Waals surface area (Å²) in [6, 6.07) is 10.1. The molecule has 2 aliphatic rings. The van der Waals surface area contributed by atoms with E-state index in [4.69, 9.17) is 4.74 Å². The lowest BCUT2D eigenvalue weighted by Gasteiger charge is -2.27. The molecule has 4 rings (SSSR count). The number of hydrogen-bond donors (Lipinski definition) is 0. The van der Waals surface area contributed by atoms with Crippen molar-refractivity contribution >= 4 is 11.5 Å². The molecule has 0 N–H and O–H groups in total. The summed E-state index contributed by atoms with van der Waals surface area (Å²) in [5.74, 6) is 0.534. The maximum Gasteiger partial charge on any atom is 0.254 e. The summed E-state index contributed by atoms with van der Waals surface area (Å²) in [6.45, 7) is 2.97. The standard InChI is InChI=1S/C20H23N3O2/c1-22-19(5-9-21-22)15-6-10-23(11-7-15)20(24)17-4-2-3-16(13-17)18-8-12-25-14-18/h2-6,9,13,18H,7-8,10-12,14H2,1H3. The Hall–Kier alpha value is -2.40. The van der Waals surface area contributed by atoms with Gasteiger partial charge in [-0.2, -0.15) is 5.10 Å². The predicted octanol–water partition coefficient (Wildman–Crippen LogP) is 2.85. The number of carbonyl (C=O) groups excluding carboxylic acids is 1. The van der Waals surface area contributed by atoms with Crippen LogP contribution in [0.1, 0.15) is 40.4 Å². The van der Waals surface area contributed by atoms with Gasteiger partial charge in [-0.05, 0) is 42.2 Å². The minimum atomic E-state index is 0.112. The van der Waals surface area contributed by atoms with E-state index in [2.05, 4.69) is 17.2 Å². The number of hydrogen-bond acceptors (Lipinski definition) is 3. The fraction of sp³-hybridized carbons (Fsp3) is 0.400. The highest BCUT2D eigenvalue weighted by Crippen LogP contribution is 2.27. The van der Waals surface area contributed by atoms with Gasteiger partial charge in [0.1, 0.15) is 0 Å². The zero-order valence-electron chi connectivity index (χ0n) is 14.5. The second kappa shape index (κ2) is 6.84. The predicted molar refractivity (Wildman–Crippen MR) is 96.3 cm³/mol. The SMILES string of the molecule is Cn1nccc1C1=CCN(C(=O)c2cccc(C3CCOC3)c2)CC1. The van der Waals surface area contributed by atoms with Gasteiger partial charge in [0.15, 0.2) is 0 Å². The molecule has 5 heteroatoms. The molecular formula is C20H23N3O2. The Kier molecular flexibility index (Phi) is 4.40. The number of rotatable bonds is 3. The third kappa shape index (κ3) is 3.24. The van der Waals surface area contributed by atoms with E-state index in [1.165, 1.54) is 11.1 Å². The fourth-order valence-corrected chi connectivity index (χ4v) is 3.68. The van der Waals surface area contributed by atoms with E-state index in [1.54, 1.807) is 0 Å². The lowest BCUT2D eigenvalue weighted by Crippen LogP contribution is -2.34. The quantitative estimate of drug-likeness (QED) is 0.865. The van der Waals surface area contributed by atoms with Crippen molar-refractivity contribution in [1.29, 1.82) is 0 Å². The van der Waals surface area contributed by atoms with Crippen LogP contribution in [0.3, 0.4) is 0 Å². The summed E-state index contributed by atoms with van der Waals surface area (Å²) in [4.78, 5) is 14.8. The molecule has 3 heterocycles. The lowest BCUT2D eigenvalue weighted by atomic mass is 9.96. The van der Waals surface area contributed by atoms with Gasteiger partial charge < -0.3 is 9.64 Å². The van der Waals surface area contributed by atoms with Crippen molar-refractivity contribution in [1.82, 2.24) is 14.7 Å². The molecule has 1 atom stereocenters. The van der Waals surface area contributed by atoms with E-state index >= 15 is 0 Å². The van der Waals surface area contributed by atoms with Crippen molar-refractivity contribution in [3.05, 3.63) is 59.4 Å². The Labute approximate surface area is 147 Å². The van der Waals surface area contributed by atoms with Crippen LogP contribution in [0.4, 0.5) is 0 Å². The van der Waals surface area contributed by atoms with Crippen LogP contribution >= 0.6 is 0 Å². The topological polar surface area (TPSA) is 47.4 Å². The molecule has 0 aliphatic carbocycles. The largest absolute Gasteiger partial charge is 0.381 e. The molecule has 25 heavy (non-hydrogen) atoms. The number of benzene rings is 1. The van der Waals surface area contributed by atoms with Crippen LogP contribution in [0, 0.1) is 0 Å². The van der Waals surface area contributed by atoms with E-state index in [0.717, 1.165) is 43.9 Å². The average molecular weight is 337 g/mol. The van der Waals surface area contributed by atoms with Gasteiger partial charge >= 0.3 is 0 Å². The number of carbonyl (C=O) groups is 1. The Morgan fingerprint density at radius 3 is 2.92 bits per heavy atom. The molecule has 1 fully saturated rings. The van der Waals surface area contributed by atoms with E-state index < -0.39 is 0 Å². The molecule has 1 aromatic carbocycles. The van der Waals surface area contributed by atoms with Crippen LogP contribution in [-0.4, -0.2) is 46.9 Å². The number of aryl methyl sites for hydroxylation is 1. The molecule has 1 unspecified atom stereocenters. The molecule has 0 bridgehead atoms. The van der Waals surface area contributed by atoms with Crippen LogP contribution < -0.4 is 0 Å². The summed E-state index contributed by atoms with van der Waals surface area (Å²) in [5.41, 5.74) is 4.39. The second-order valence-corrected chi connectivity index (χ2v) is 6.76. The average Bonchev–Trinajstić information content (AvgIpc) is 3.33. The van der Waals surface area contributed by atoms with Gasteiger partial charge in [0, 0.05) is 44.4 Å². The van der Waals surface area contributed by atoms with Gasteiger partial charge in [-0.15, -0.1) is 0 Å². The first-order chi connectivity index (χ1) is 12.2. The minimum Gasteiger partial charge on any atom is -0.381 e. The summed E-state index contributed by atoms with van der Waals surface area (Å²) >= 11 is 0. The van der Waals surface area contributed by atoms with Gasteiger partial charge in [0.05, 0.1) is 12.3 Å². The van der Waals surface area contributed by atoms with Crippen LogP contribution in [0.2, 0.25) is 0 Å². The normalized spacial score (nSPS) is 20.6. The van der Waals surface area contributed by atoms with E-state index in [-0.39, 0.29) is 5.91 Å². The van der Waals surface area contributed by atoms with Gasteiger partial charge in [-0.3, -0.25) is 9.48 Å². The Balaban J connectivity index is 1.48. The molecule has 0 radical (unpaired) electrons. The van der Waals surface area contributed by atoms with Crippen molar-refractivity contribution in [2.75, 3.05) is 26.3 Å². The van der Waals surface area contributed by atoms with Crippen LogP contribution in [0.25, 0.3) is 5.57 Å². The van der Waals surface area contributed by atoms with Crippen molar-refractivity contribution in [2.24, 2.45) is 7.05 Å². The van der Waals surface area contributed by atoms with Gasteiger partial charge in [0.25, 0.3) is 5.91 Å². The molecule has 130 valence electrons. The van der Waals surface area contributed by atoms with E-state index in [9.17, 15) is 4.79 Å². The van der Waals surface area contributed by atoms with Crippen molar-refractivity contribution in [3.63, 3.8) is 0 Å². The molecular weight excluding hydrogens is 314 g/mol. The number of ether oxygens (including phenoxy) is 1. The summed E-state index contributed by atoms with van der Waals surface area (Å²) < 4.78 is 7.36. The zero-order chi connectivity index (χ0) is 17.2. The van der Waals surface area contributed by atoms with Crippen LogP contribution in [-0.2, 0) is 11.8 Å². The molecule has 1 saturated heterocycles. The minimum absolute atomic E-state index is 0.112. The molecule has 1 amide bonds. The number of amides is 1. The summed E-state index contributed by atoms with van der Waals surface area (Å²) in [7, 11) is 1.95.